The van der Waals surface area contributed by atoms with Crippen molar-refractivity contribution in [2.75, 3.05) is 12.4 Å². The van der Waals surface area contributed by atoms with E-state index in [0.29, 0.717) is 17.1 Å². The van der Waals surface area contributed by atoms with E-state index in [1.807, 2.05) is 31.0 Å². The lowest BCUT2D eigenvalue weighted by Gasteiger charge is -2.23. The van der Waals surface area contributed by atoms with Gasteiger partial charge < -0.3 is 11.1 Å². The standard InChI is InChI=1S/C17H20ClN3O2S2/c1-9(21(2)8-10-6-7-13(18)24-10)16(23)20-17-14(15(19)22)11-4-3-5-12(11)25-17/h6-7,9H,3-5,8H2,1-2H3,(H2,19,22)(H,20,23)/t9-/m0/s1. The summed E-state index contributed by atoms with van der Waals surface area (Å²) in [6.07, 6.45) is 2.84. The smallest absolute Gasteiger partial charge is 0.251 e. The number of amides is 2. The van der Waals surface area contributed by atoms with E-state index in [-0.39, 0.29) is 11.9 Å². The summed E-state index contributed by atoms with van der Waals surface area (Å²) < 4.78 is 0.736. The van der Waals surface area contributed by atoms with E-state index in [4.69, 9.17) is 17.3 Å². The molecular weight excluding hydrogens is 378 g/mol. The van der Waals surface area contributed by atoms with Crippen molar-refractivity contribution in [3.63, 3.8) is 0 Å². The van der Waals surface area contributed by atoms with Crippen LogP contribution in [0, 0.1) is 0 Å². The first kappa shape index (κ1) is 18.4. The molecule has 8 heteroatoms. The molecule has 2 amide bonds. The van der Waals surface area contributed by atoms with Crippen LogP contribution in [0.4, 0.5) is 5.00 Å². The highest BCUT2D eigenvalue weighted by Crippen LogP contribution is 2.39. The molecule has 1 atom stereocenters. The fraction of sp³-hybridized carbons (Fsp3) is 0.412. The summed E-state index contributed by atoms with van der Waals surface area (Å²) in [5.41, 5.74) is 7.05. The molecule has 0 aliphatic heterocycles. The average Bonchev–Trinajstić information content (AvgIpc) is 3.22. The molecule has 5 nitrogen and oxygen atoms in total. The van der Waals surface area contributed by atoms with Crippen molar-refractivity contribution < 1.29 is 9.59 Å². The predicted molar refractivity (Wildman–Crippen MR) is 104 cm³/mol. The molecule has 0 aromatic carbocycles. The Balaban J connectivity index is 1.70. The number of likely N-dealkylation sites (N-methyl/N-ethyl adjacent to an activating group) is 1. The van der Waals surface area contributed by atoms with Gasteiger partial charge in [0.15, 0.2) is 0 Å². The zero-order chi connectivity index (χ0) is 18.1. The second-order valence-electron chi connectivity index (χ2n) is 6.21. The number of nitrogens with one attached hydrogen (secondary N) is 1. The summed E-state index contributed by atoms with van der Waals surface area (Å²) in [6, 6.07) is 3.47. The normalized spacial score (nSPS) is 14.6. The van der Waals surface area contributed by atoms with Crippen LogP contribution in [0.25, 0.3) is 0 Å². The molecule has 2 aromatic rings. The van der Waals surface area contributed by atoms with Gasteiger partial charge in [0, 0.05) is 16.3 Å². The summed E-state index contributed by atoms with van der Waals surface area (Å²) in [5.74, 6) is -0.614. The molecule has 0 saturated heterocycles. The summed E-state index contributed by atoms with van der Waals surface area (Å²) in [4.78, 5) is 28.7. The number of aryl methyl sites for hydroxylation is 1. The SMILES string of the molecule is C[C@@H](C(=O)Nc1sc2c(c1C(N)=O)CCC2)N(C)Cc1ccc(Cl)s1. The van der Waals surface area contributed by atoms with Crippen LogP contribution >= 0.6 is 34.3 Å². The molecule has 0 bridgehead atoms. The van der Waals surface area contributed by atoms with Crippen LogP contribution < -0.4 is 11.1 Å². The quantitative estimate of drug-likeness (QED) is 0.783. The van der Waals surface area contributed by atoms with E-state index in [0.717, 1.165) is 34.0 Å². The number of thiophene rings is 2. The van der Waals surface area contributed by atoms with Gasteiger partial charge in [-0.15, -0.1) is 22.7 Å². The number of carbonyl (C=O) groups is 2. The molecule has 0 unspecified atom stereocenters. The third kappa shape index (κ3) is 3.89. The van der Waals surface area contributed by atoms with Crippen LogP contribution in [0.3, 0.4) is 0 Å². The van der Waals surface area contributed by atoms with Crippen LogP contribution in [0.1, 0.15) is 39.0 Å². The molecule has 2 heterocycles. The van der Waals surface area contributed by atoms with Gasteiger partial charge in [-0.05, 0) is 50.9 Å². The predicted octanol–water partition coefficient (Wildman–Crippen LogP) is 3.51. The number of hydrogen-bond donors (Lipinski definition) is 2. The van der Waals surface area contributed by atoms with Crippen LogP contribution in [0.5, 0.6) is 0 Å². The fourth-order valence-corrected chi connectivity index (χ4v) is 5.44. The Labute approximate surface area is 159 Å². The van der Waals surface area contributed by atoms with Gasteiger partial charge in [0.05, 0.1) is 15.9 Å². The number of carbonyl (C=O) groups excluding carboxylic acids is 2. The first-order valence-electron chi connectivity index (χ1n) is 8.06. The fourth-order valence-electron chi connectivity index (χ4n) is 2.99. The van der Waals surface area contributed by atoms with Gasteiger partial charge in [-0.2, -0.15) is 0 Å². The minimum Gasteiger partial charge on any atom is -0.365 e. The maximum Gasteiger partial charge on any atom is 0.251 e. The van der Waals surface area contributed by atoms with Gasteiger partial charge >= 0.3 is 0 Å². The topological polar surface area (TPSA) is 75.4 Å². The van der Waals surface area contributed by atoms with Gasteiger partial charge in [0.25, 0.3) is 5.91 Å². The third-order valence-corrected chi connectivity index (χ3v) is 6.90. The van der Waals surface area contributed by atoms with Crippen molar-refractivity contribution in [2.45, 2.75) is 38.8 Å². The molecule has 3 N–H and O–H groups in total. The molecule has 0 radical (unpaired) electrons. The molecule has 1 aliphatic carbocycles. The lowest BCUT2D eigenvalue weighted by molar-refractivity contribution is -0.120. The van der Waals surface area contributed by atoms with Crippen LogP contribution in [-0.2, 0) is 24.2 Å². The zero-order valence-electron chi connectivity index (χ0n) is 14.1. The van der Waals surface area contributed by atoms with Crippen molar-refractivity contribution in [3.05, 3.63) is 37.4 Å². The number of fused-ring (bicyclic) bond motifs is 1. The summed E-state index contributed by atoms with van der Waals surface area (Å²) in [7, 11) is 1.89. The van der Waals surface area contributed by atoms with E-state index >= 15 is 0 Å². The van der Waals surface area contributed by atoms with Gasteiger partial charge in [-0.3, -0.25) is 14.5 Å². The maximum absolute atomic E-state index is 12.6. The number of hydrogen-bond acceptors (Lipinski definition) is 5. The van der Waals surface area contributed by atoms with Gasteiger partial charge in [0.2, 0.25) is 5.91 Å². The lowest BCUT2D eigenvalue weighted by atomic mass is 10.1. The van der Waals surface area contributed by atoms with E-state index in [2.05, 4.69) is 5.32 Å². The van der Waals surface area contributed by atoms with Crippen molar-refractivity contribution in [1.29, 1.82) is 0 Å². The Morgan fingerprint density at radius 3 is 2.76 bits per heavy atom. The summed E-state index contributed by atoms with van der Waals surface area (Å²) in [6.45, 7) is 2.48. The molecule has 0 saturated carbocycles. The van der Waals surface area contributed by atoms with Crippen LogP contribution in [0.15, 0.2) is 12.1 Å². The molecule has 1 aliphatic rings. The number of rotatable bonds is 6. The van der Waals surface area contributed by atoms with Gasteiger partial charge in [-0.25, -0.2) is 0 Å². The summed E-state index contributed by atoms with van der Waals surface area (Å²) in [5, 5.41) is 3.49. The third-order valence-electron chi connectivity index (χ3n) is 4.48. The molecular formula is C17H20ClN3O2S2. The van der Waals surface area contributed by atoms with Crippen molar-refractivity contribution in [3.8, 4) is 0 Å². The van der Waals surface area contributed by atoms with Crippen molar-refractivity contribution in [2.24, 2.45) is 5.73 Å². The molecule has 2 aromatic heterocycles. The Hall–Kier alpha value is -1.41. The minimum absolute atomic E-state index is 0.146. The molecule has 3 rings (SSSR count). The number of nitrogens with two attached hydrogens (primary N) is 1. The molecule has 0 spiro atoms. The van der Waals surface area contributed by atoms with Crippen LogP contribution in [0.2, 0.25) is 4.34 Å². The monoisotopic (exact) mass is 397 g/mol. The van der Waals surface area contributed by atoms with Crippen molar-refractivity contribution >= 4 is 51.1 Å². The summed E-state index contributed by atoms with van der Waals surface area (Å²) >= 11 is 8.93. The Bertz CT molecular complexity index is 815. The highest BCUT2D eigenvalue weighted by atomic mass is 35.5. The van der Waals surface area contributed by atoms with E-state index in [9.17, 15) is 9.59 Å². The Kier molecular flexibility index (Phi) is 5.48. The molecule has 0 fully saturated rings. The highest BCUT2D eigenvalue weighted by Gasteiger charge is 2.27. The number of anilines is 1. The Morgan fingerprint density at radius 1 is 1.36 bits per heavy atom. The van der Waals surface area contributed by atoms with E-state index in [1.54, 1.807) is 0 Å². The van der Waals surface area contributed by atoms with Crippen molar-refractivity contribution in [1.82, 2.24) is 4.90 Å². The molecule has 134 valence electrons. The average molecular weight is 398 g/mol. The molecule has 25 heavy (non-hydrogen) atoms. The van der Waals surface area contributed by atoms with E-state index in [1.165, 1.54) is 27.6 Å². The van der Waals surface area contributed by atoms with Gasteiger partial charge in [0.1, 0.15) is 5.00 Å². The second kappa shape index (κ2) is 7.45. The second-order valence-corrected chi connectivity index (χ2v) is 9.12. The number of nitrogens with zero attached hydrogens (tertiary/aromatic N) is 1. The van der Waals surface area contributed by atoms with Gasteiger partial charge in [-0.1, -0.05) is 11.6 Å². The first-order valence-corrected chi connectivity index (χ1v) is 10.1. The number of primary amides is 1. The highest BCUT2D eigenvalue weighted by molar-refractivity contribution is 7.17. The largest absolute Gasteiger partial charge is 0.365 e. The van der Waals surface area contributed by atoms with Crippen LogP contribution in [-0.4, -0.2) is 29.8 Å². The number of halogens is 1. The zero-order valence-corrected chi connectivity index (χ0v) is 16.5. The van der Waals surface area contributed by atoms with E-state index < -0.39 is 5.91 Å². The Morgan fingerprint density at radius 2 is 2.12 bits per heavy atom. The first-order chi connectivity index (χ1) is 11.9. The maximum atomic E-state index is 12.6. The minimum atomic E-state index is -0.469. The lowest BCUT2D eigenvalue weighted by Crippen LogP contribution is -2.39.